The molecule has 0 atom stereocenters. The van der Waals surface area contributed by atoms with Crippen molar-refractivity contribution in [2.75, 3.05) is 9.80 Å². The molecule has 0 aliphatic carbocycles. The van der Waals surface area contributed by atoms with Gasteiger partial charge in [0.15, 0.2) is 4.32 Å². The van der Waals surface area contributed by atoms with E-state index in [1.807, 2.05) is 31.2 Å². The van der Waals surface area contributed by atoms with E-state index in [4.69, 9.17) is 12.2 Å². The Bertz CT molecular complexity index is 1090. The standard InChI is InChI=1S/C21H16N2O3S2/c1-3-13-8-4-6-10-15(13)23-20(26)18(28-21(23)27)17-14-9-5-7-11-16(14)22(12(2)24)19(17)25/h4-11H,3H2,1-2H3/b18-17-. The Morgan fingerprint density at radius 1 is 1.00 bits per heavy atom. The van der Waals surface area contributed by atoms with Crippen LogP contribution in [0.2, 0.25) is 0 Å². The Kier molecular flexibility index (Phi) is 4.64. The molecule has 0 bridgehead atoms. The first-order valence-electron chi connectivity index (χ1n) is 8.78. The molecule has 3 amide bonds. The van der Waals surface area contributed by atoms with Crippen molar-refractivity contribution in [3.63, 3.8) is 0 Å². The molecule has 0 N–H and O–H groups in total. The highest BCUT2D eigenvalue weighted by Gasteiger charge is 2.43. The van der Waals surface area contributed by atoms with Gasteiger partial charge in [-0.15, -0.1) is 0 Å². The first-order chi connectivity index (χ1) is 13.5. The topological polar surface area (TPSA) is 57.7 Å². The fourth-order valence-electron chi connectivity index (χ4n) is 3.50. The molecule has 2 aliphatic heterocycles. The van der Waals surface area contributed by atoms with E-state index in [1.54, 1.807) is 24.3 Å². The van der Waals surface area contributed by atoms with Crippen LogP contribution in [0.4, 0.5) is 11.4 Å². The van der Waals surface area contributed by atoms with E-state index in [0.29, 0.717) is 15.6 Å². The summed E-state index contributed by atoms with van der Waals surface area (Å²) in [6.07, 6.45) is 0.749. The van der Waals surface area contributed by atoms with Gasteiger partial charge in [-0.3, -0.25) is 19.3 Å². The van der Waals surface area contributed by atoms with Crippen molar-refractivity contribution in [3.8, 4) is 0 Å². The molecule has 5 nitrogen and oxygen atoms in total. The van der Waals surface area contributed by atoms with Crippen molar-refractivity contribution in [2.24, 2.45) is 0 Å². The maximum atomic E-state index is 13.3. The van der Waals surface area contributed by atoms with Gasteiger partial charge in [0.2, 0.25) is 5.91 Å². The number of fused-ring (bicyclic) bond motifs is 1. The number of thiocarbonyl (C=S) groups is 1. The van der Waals surface area contributed by atoms with Crippen LogP contribution in [0, 0.1) is 0 Å². The van der Waals surface area contributed by atoms with Gasteiger partial charge in [-0.05, 0) is 24.1 Å². The second-order valence-corrected chi connectivity index (χ2v) is 8.02. The smallest absolute Gasteiger partial charge is 0.271 e. The average molecular weight is 409 g/mol. The fourth-order valence-corrected chi connectivity index (χ4v) is 4.86. The van der Waals surface area contributed by atoms with Crippen LogP contribution in [0.3, 0.4) is 0 Å². The molecule has 0 radical (unpaired) electrons. The number of hydrogen-bond acceptors (Lipinski definition) is 5. The number of benzene rings is 2. The molecular formula is C21H16N2O3S2. The quantitative estimate of drug-likeness (QED) is 0.557. The van der Waals surface area contributed by atoms with Gasteiger partial charge < -0.3 is 0 Å². The van der Waals surface area contributed by atoms with Crippen molar-refractivity contribution in [1.29, 1.82) is 0 Å². The number of carbonyl (C=O) groups is 3. The van der Waals surface area contributed by atoms with Crippen LogP contribution in [0.15, 0.2) is 53.4 Å². The molecule has 1 saturated heterocycles. The lowest BCUT2D eigenvalue weighted by Crippen LogP contribution is -2.32. The Morgan fingerprint density at radius 3 is 2.32 bits per heavy atom. The minimum absolute atomic E-state index is 0.236. The van der Waals surface area contributed by atoms with E-state index in [0.717, 1.165) is 34.3 Å². The number of thioether (sulfide) groups is 1. The maximum absolute atomic E-state index is 13.3. The number of anilines is 2. The number of imide groups is 1. The van der Waals surface area contributed by atoms with Gasteiger partial charge in [-0.25, -0.2) is 4.90 Å². The van der Waals surface area contributed by atoms with Gasteiger partial charge in [-0.2, -0.15) is 0 Å². The lowest BCUT2D eigenvalue weighted by Gasteiger charge is -2.18. The van der Waals surface area contributed by atoms with Crippen LogP contribution < -0.4 is 9.80 Å². The molecule has 28 heavy (non-hydrogen) atoms. The van der Waals surface area contributed by atoms with Gasteiger partial charge in [0, 0.05) is 12.5 Å². The minimum atomic E-state index is -0.488. The monoisotopic (exact) mass is 408 g/mol. The summed E-state index contributed by atoms with van der Waals surface area (Å²) in [4.78, 5) is 41.2. The van der Waals surface area contributed by atoms with Crippen LogP contribution in [0.5, 0.6) is 0 Å². The predicted molar refractivity (Wildman–Crippen MR) is 115 cm³/mol. The van der Waals surface area contributed by atoms with Crippen molar-refractivity contribution in [3.05, 3.63) is 64.6 Å². The zero-order valence-electron chi connectivity index (χ0n) is 15.3. The fraction of sp³-hybridized carbons (Fsp3) is 0.143. The molecule has 0 saturated carbocycles. The van der Waals surface area contributed by atoms with Gasteiger partial charge >= 0.3 is 0 Å². The van der Waals surface area contributed by atoms with E-state index in [9.17, 15) is 14.4 Å². The molecule has 2 aromatic rings. The van der Waals surface area contributed by atoms with E-state index in [-0.39, 0.29) is 22.3 Å². The second kappa shape index (κ2) is 7.00. The number of para-hydroxylation sites is 2. The average Bonchev–Trinajstić information content (AvgIpc) is 3.13. The molecule has 4 rings (SSSR count). The van der Waals surface area contributed by atoms with Gasteiger partial charge in [0.05, 0.1) is 21.9 Å². The SMILES string of the molecule is CCc1ccccc1N1C(=O)/C(=C2/C(=O)N(C(C)=O)c3ccccc32)SC1=S. The Balaban J connectivity index is 1.87. The van der Waals surface area contributed by atoms with Crippen LogP contribution in [0.1, 0.15) is 25.0 Å². The molecule has 2 aromatic carbocycles. The summed E-state index contributed by atoms with van der Waals surface area (Å²) in [6.45, 7) is 3.34. The third-order valence-electron chi connectivity index (χ3n) is 4.76. The van der Waals surface area contributed by atoms with E-state index >= 15 is 0 Å². The molecule has 0 unspecified atom stereocenters. The zero-order chi connectivity index (χ0) is 20.0. The summed E-state index contributed by atoms with van der Waals surface area (Å²) in [5.41, 5.74) is 3.03. The van der Waals surface area contributed by atoms with Gasteiger partial charge in [-0.1, -0.05) is 67.3 Å². The lowest BCUT2D eigenvalue weighted by molar-refractivity contribution is -0.122. The Morgan fingerprint density at radius 2 is 1.64 bits per heavy atom. The van der Waals surface area contributed by atoms with E-state index in [1.165, 1.54) is 11.8 Å². The van der Waals surface area contributed by atoms with Gasteiger partial charge in [0.25, 0.3) is 11.8 Å². The Labute approximate surface area is 172 Å². The summed E-state index contributed by atoms with van der Waals surface area (Å²) in [5, 5.41) is 0. The van der Waals surface area contributed by atoms with Crippen LogP contribution in [-0.4, -0.2) is 22.0 Å². The highest BCUT2D eigenvalue weighted by molar-refractivity contribution is 8.27. The molecular weight excluding hydrogens is 392 g/mol. The molecule has 7 heteroatoms. The molecule has 0 aromatic heterocycles. The zero-order valence-corrected chi connectivity index (χ0v) is 16.9. The maximum Gasteiger partial charge on any atom is 0.271 e. The molecule has 0 spiro atoms. The van der Waals surface area contributed by atoms with Crippen LogP contribution in [-0.2, 0) is 20.8 Å². The molecule has 1 fully saturated rings. The number of rotatable bonds is 2. The first-order valence-corrected chi connectivity index (χ1v) is 10.0. The van der Waals surface area contributed by atoms with Crippen LogP contribution in [0.25, 0.3) is 5.57 Å². The lowest BCUT2D eigenvalue weighted by atomic mass is 10.1. The highest BCUT2D eigenvalue weighted by atomic mass is 32.2. The van der Waals surface area contributed by atoms with Gasteiger partial charge in [0.1, 0.15) is 0 Å². The number of nitrogens with zero attached hydrogens (tertiary/aromatic N) is 2. The van der Waals surface area contributed by atoms with Crippen molar-refractivity contribution in [1.82, 2.24) is 0 Å². The predicted octanol–water partition coefficient (Wildman–Crippen LogP) is 3.92. The first kappa shape index (κ1) is 18.6. The summed E-state index contributed by atoms with van der Waals surface area (Å²) < 4.78 is 0.375. The minimum Gasteiger partial charge on any atom is -0.274 e. The summed E-state index contributed by atoms with van der Waals surface area (Å²) in [6, 6.07) is 14.6. The number of carbonyl (C=O) groups excluding carboxylic acids is 3. The summed E-state index contributed by atoms with van der Waals surface area (Å²) in [5.74, 6) is -1.21. The summed E-state index contributed by atoms with van der Waals surface area (Å²) in [7, 11) is 0. The number of aryl methyl sites for hydroxylation is 1. The van der Waals surface area contributed by atoms with Crippen molar-refractivity contribution in [2.45, 2.75) is 20.3 Å². The second-order valence-electron chi connectivity index (χ2n) is 6.37. The van der Waals surface area contributed by atoms with Crippen molar-refractivity contribution < 1.29 is 14.4 Å². The third kappa shape index (κ3) is 2.70. The largest absolute Gasteiger partial charge is 0.274 e. The summed E-state index contributed by atoms with van der Waals surface area (Å²) >= 11 is 6.58. The van der Waals surface area contributed by atoms with Crippen LogP contribution >= 0.6 is 24.0 Å². The van der Waals surface area contributed by atoms with E-state index in [2.05, 4.69) is 0 Å². The highest BCUT2D eigenvalue weighted by Crippen LogP contribution is 2.45. The van der Waals surface area contributed by atoms with E-state index < -0.39 is 5.91 Å². The van der Waals surface area contributed by atoms with Crippen molar-refractivity contribution >= 4 is 63.0 Å². The molecule has 2 aliphatic rings. The number of hydrogen-bond donors (Lipinski definition) is 0. The third-order valence-corrected chi connectivity index (χ3v) is 6.13. The molecule has 140 valence electrons. The number of amides is 3. The molecule has 2 heterocycles. The normalized spacial score (nSPS) is 18.9. The Hall–Kier alpha value is -2.77.